The van der Waals surface area contributed by atoms with Crippen molar-refractivity contribution >= 4 is 11.9 Å². The molecule has 0 bridgehead atoms. The quantitative estimate of drug-likeness (QED) is 0.855. The Bertz CT molecular complexity index is 745. The summed E-state index contributed by atoms with van der Waals surface area (Å²) >= 11 is 0. The Kier molecular flexibility index (Phi) is 5.58. The number of rotatable bonds is 6. The van der Waals surface area contributed by atoms with Crippen LogP contribution in [0.25, 0.3) is 0 Å². The first-order valence-corrected chi connectivity index (χ1v) is 7.67. The molecule has 0 aliphatic heterocycles. The molecule has 0 atom stereocenters. The van der Waals surface area contributed by atoms with Crippen LogP contribution in [0.5, 0.6) is 5.75 Å². The molecule has 2 aromatic carbocycles. The predicted molar refractivity (Wildman–Crippen MR) is 91.4 cm³/mol. The van der Waals surface area contributed by atoms with Crippen LogP contribution in [-0.2, 0) is 11.3 Å². The number of aryl methyl sites for hydroxylation is 3. The van der Waals surface area contributed by atoms with Crippen LogP contribution in [0, 0.1) is 20.8 Å². The van der Waals surface area contributed by atoms with E-state index in [0.717, 1.165) is 22.3 Å². The Morgan fingerprint density at radius 2 is 1.67 bits per heavy atom. The van der Waals surface area contributed by atoms with Gasteiger partial charge < -0.3 is 15.2 Å². The molecule has 2 aromatic rings. The first-order valence-electron chi connectivity index (χ1n) is 7.67. The normalized spacial score (nSPS) is 10.3. The van der Waals surface area contributed by atoms with E-state index in [0.29, 0.717) is 17.9 Å². The molecule has 2 N–H and O–H groups in total. The molecule has 126 valence electrons. The molecule has 0 fully saturated rings. The molecular formula is C19H21NO4. The standard InChI is InChI=1S/C19H21NO4/c1-12-6-4-5-7-15(12)10-20-19(23)16-8-13(2)18(14(3)9-16)24-11-17(21)22/h4-9H,10-11H2,1-3H3,(H,20,23)(H,21,22). The highest BCUT2D eigenvalue weighted by molar-refractivity contribution is 5.94. The molecule has 0 aliphatic rings. The highest BCUT2D eigenvalue weighted by atomic mass is 16.5. The Balaban J connectivity index is 2.10. The van der Waals surface area contributed by atoms with Crippen molar-refractivity contribution in [1.82, 2.24) is 5.32 Å². The third-order valence-electron chi connectivity index (χ3n) is 3.76. The summed E-state index contributed by atoms with van der Waals surface area (Å²) in [5.74, 6) is -0.698. The van der Waals surface area contributed by atoms with Gasteiger partial charge in [-0.2, -0.15) is 0 Å². The van der Waals surface area contributed by atoms with Gasteiger partial charge >= 0.3 is 5.97 Å². The average molecular weight is 327 g/mol. The predicted octanol–water partition coefficient (Wildman–Crippen LogP) is 3.01. The van der Waals surface area contributed by atoms with Crippen molar-refractivity contribution in [1.29, 1.82) is 0 Å². The third kappa shape index (κ3) is 4.35. The molecule has 0 spiro atoms. The molecule has 0 aromatic heterocycles. The van der Waals surface area contributed by atoms with Crippen LogP contribution in [-0.4, -0.2) is 23.6 Å². The minimum Gasteiger partial charge on any atom is -0.481 e. The highest BCUT2D eigenvalue weighted by Crippen LogP contribution is 2.25. The zero-order valence-electron chi connectivity index (χ0n) is 14.1. The number of ether oxygens (including phenoxy) is 1. The van der Waals surface area contributed by atoms with Crippen molar-refractivity contribution in [2.45, 2.75) is 27.3 Å². The van der Waals surface area contributed by atoms with Crippen molar-refractivity contribution < 1.29 is 19.4 Å². The van der Waals surface area contributed by atoms with Crippen LogP contribution in [0.3, 0.4) is 0 Å². The number of carboxylic acids is 1. The fourth-order valence-electron chi connectivity index (χ4n) is 2.53. The van der Waals surface area contributed by atoms with Gasteiger partial charge in [0, 0.05) is 12.1 Å². The van der Waals surface area contributed by atoms with Gasteiger partial charge in [-0.25, -0.2) is 4.79 Å². The number of amides is 1. The summed E-state index contributed by atoms with van der Waals surface area (Å²) < 4.78 is 5.28. The molecule has 5 heteroatoms. The van der Waals surface area contributed by atoms with E-state index >= 15 is 0 Å². The second kappa shape index (κ2) is 7.64. The van der Waals surface area contributed by atoms with E-state index in [9.17, 15) is 9.59 Å². The van der Waals surface area contributed by atoms with E-state index < -0.39 is 12.6 Å². The SMILES string of the molecule is Cc1ccccc1CNC(=O)c1cc(C)c(OCC(=O)O)c(C)c1. The maximum atomic E-state index is 12.4. The lowest BCUT2D eigenvalue weighted by Crippen LogP contribution is -2.23. The van der Waals surface area contributed by atoms with Gasteiger partial charge in [-0.05, 0) is 55.2 Å². The van der Waals surface area contributed by atoms with Gasteiger partial charge in [-0.15, -0.1) is 0 Å². The van der Waals surface area contributed by atoms with Gasteiger partial charge in [-0.1, -0.05) is 24.3 Å². The molecule has 0 unspecified atom stereocenters. The second-order valence-electron chi connectivity index (χ2n) is 5.73. The molecular weight excluding hydrogens is 306 g/mol. The number of hydrogen-bond acceptors (Lipinski definition) is 3. The van der Waals surface area contributed by atoms with E-state index in [1.165, 1.54) is 0 Å². The van der Waals surface area contributed by atoms with Gasteiger partial charge in [0.2, 0.25) is 0 Å². The van der Waals surface area contributed by atoms with Crippen LogP contribution < -0.4 is 10.1 Å². The fraction of sp³-hybridized carbons (Fsp3) is 0.263. The summed E-state index contributed by atoms with van der Waals surface area (Å²) in [6, 6.07) is 11.3. The molecule has 0 heterocycles. The van der Waals surface area contributed by atoms with Gasteiger partial charge in [0.15, 0.2) is 6.61 Å². The molecule has 0 saturated heterocycles. The van der Waals surface area contributed by atoms with Gasteiger partial charge in [0.1, 0.15) is 5.75 Å². The lowest BCUT2D eigenvalue weighted by atomic mass is 10.0. The first-order chi connectivity index (χ1) is 11.4. The van der Waals surface area contributed by atoms with Crippen molar-refractivity contribution in [2.75, 3.05) is 6.61 Å². The number of nitrogens with one attached hydrogen (secondary N) is 1. The number of carbonyl (C=O) groups excluding carboxylic acids is 1. The van der Waals surface area contributed by atoms with Crippen LogP contribution in [0.2, 0.25) is 0 Å². The third-order valence-corrected chi connectivity index (χ3v) is 3.76. The minimum atomic E-state index is -1.03. The van der Waals surface area contributed by atoms with Gasteiger partial charge in [0.05, 0.1) is 0 Å². The summed E-state index contributed by atoms with van der Waals surface area (Å²) in [6.07, 6.45) is 0. The number of benzene rings is 2. The van der Waals surface area contributed by atoms with E-state index in [1.807, 2.05) is 31.2 Å². The Morgan fingerprint density at radius 1 is 1.04 bits per heavy atom. The van der Waals surface area contributed by atoms with Crippen molar-refractivity contribution in [2.24, 2.45) is 0 Å². The lowest BCUT2D eigenvalue weighted by molar-refractivity contribution is -0.139. The summed E-state index contributed by atoms with van der Waals surface area (Å²) in [5.41, 5.74) is 4.19. The second-order valence-corrected chi connectivity index (χ2v) is 5.73. The van der Waals surface area contributed by atoms with E-state index in [1.54, 1.807) is 26.0 Å². The number of carboxylic acid groups (broad SMARTS) is 1. The van der Waals surface area contributed by atoms with E-state index in [2.05, 4.69) is 5.32 Å². The minimum absolute atomic E-state index is 0.172. The molecule has 1 amide bonds. The topological polar surface area (TPSA) is 75.6 Å². The average Bonchev–Trinajstić information content (AvgIpc) is 2.52. The molecule has 0 radical (unpaired) electrons. The fourth-order valence-corrected chi connectivity index (χ4v) is 2.53. The largest absolute Gasteiger partial charge is 0.481 e. The monoisotopic (exact) mass is 327 g/mol. The smallest absolute Gasteiger partial charge is 0.341 e. The van der Waals surface area contributed by atoms with E-state index in [4.69, 9.17) is 9.84 Å². The number of hydrogen-bond donors (Lipinski definition) is 2. The van der Waals surface area contributed by atoms with Crippen LogP contribution >= 0.6 is 0 Å². The summed E-state index contributed by atoms with van der Waals surface area (Å²) in [6.45, 7) is 5.65. The number of carbonyl (C=O) groups is 2. The first kappa shape index (κ1) is 17.5. The van der Waals surface area contributed by atoms with Crippen LogP contribution in [0.15, 0.2) is 36.4 Å². The molecule has 0 aliphatic carbocycles. The molecule has 2 rings (SSSR count). The highest BCUT2D eigenvalue weighted by Gasteiger charge is 2.13. The summed E-state index contributed by atoms with van der Waals surface area (Å²) in [4.78, 5) is 23.0. The molecule has 5 nitrogen and oxygen atoms in total. The van der Waals surface area contributed by atoms with Crippen molar-refractivity contribution in [3.05, 3.63) is 64.2 Å². The van der Waals surface area contributed by atoms with Crippen molar-refractivity contribution in [3.63, 3.8) is 0 Å². The van der Waals surface area contributed by atoms with Gasteiger partial charge in [-0.3, -0.25) is 4.79 Å². The maximum absolute atomic E-state index is 12.4. The van der Waals surface area contributed by atoms with Crippen LogP contribution in [0.4, 0.5) is 0 Å². The maximum Gasteiger partial charge on any atom is 0.341 e. The van der Waals surface area contributed by atoms with Crippen molar-refractivity contribution in [3.8, 4) is 5.75 Å². The van der Waals surface area contributed by atoms with E-state index in [-0.39, 0.29) is 5.91 Å². The zero-order valence-corrected chi connectivity index (χ0v) is 14.1. The summed E-state index contributed by atoms with van der Waals surface area (Å²) in [5, 5.41) is 11.6. The van der Waals surface area contributed by atoms with Crippen LogP contribution in [0.1, 0.15) is 32.6 Å². The Morgan fingerprint density at radius 3 is 2.25 bits per heavy atom. The Hall–Kier alpha value is -2.82. The molecule has 24 heavy (non-hydrogen) atoms. The lowest BCUT2D eigenvalue weighted by Gasteiger charge is -2.13. The Labute approximate surface area is 141 Å². The van der Waals surface area contributed by atoms with Gasteiger partial charge in [0.25, 0.3) is 5.91 Å². The summed E-state index contributed by atoms with van der Waals surface area (Å²) in [7, 11) is 0. The zero-order chi connectivity index (χ0) is 17.7. The number of aliphatic carboxylic acids is 1. The molecule has 0 saturated carbocycles.